The van der Waals surface area contributed by atoms with Crippen LogP contribution >= 0.6 is 23.2 Å². The molecule has 2 aromatic rings. The maximum absolute atomic E-state index is 12.5. The average molecular weight is 331 g/mol. The molecule has 0 aliphatic rings. The minimum atomic E-state index is -3.69. The van der Waals surface area contributed by atoms with Crippen LogP contribution in [0.1, 0.15) is 5.56 Å². The summed E-state index contributed by atoms with van der Waals surface area (Å²) in [6.45, 7) is 0.230. The van der Waals surface area contributed by atoms with E-state index >= 15 is 0 Å². The monoisotopic (exact) mass is 330 g/mol. The van der Waals surface area contributed by atoms with Gasteiger partial charge in [-0.3, -0.25) is 4.98 Å². The topological polar surface area (TPSA) is 50.3 Å². The molecule has 0 unspecified atom stereocenters. The van der Waals surface area contributed by atoms with Crippen molar-refractivity contribution < 1.29 is 8.42 Å². The second-order valence-corrected chi connectivity index (χ2v) is 7.05. The first-order valence-corrected chi connectivity index (χ1v) is 7.91. The van der Waals surface area contributed by atoms with Crippen molar-refractivity contribution in [2.24, 2.45) is 0 Å². The zero-order valence-corrected chi connectivity index (χ0v) is 13.0. The van der Waals surface area contributed by atoms with E-state index in [2.05, 4.69) is 4.98 Å². The number of aromatic nitrogens is 1. The Hall–Kier alpha value is -1.14. The van der Waals surface area contributed by atoms with Crippen LogP contribution in [0.2, 0.25) is 10.0 Å². The van der Waals surface area contributed by atoms with Gasteiger partial charge in [0.05, 0.1) is 5.02 Å². The van der Waals surface area contributed by atoms with Crippen molar-refractivity contribution in [1.29, 1.82) is 0 Å². The Morgan fingerprint density at radius 2 is 1.80 bits per heavy atom. The first-order chi connectivity index (χ1) is 9.41. The van der Waals surface area contributed by atoms with Crippen LogP contribution in [0.3, 0.4) is 0 Å². The second-order valence-electron chi connectivity index (χ2n) is 4.19. The zero-order chi connectivity index (χ0) is 14.8. The molecule has 2 rings (SSSR count). The third kappa shape index (κ3) is 3.30. The van der Waals surface area contributed by atoms with Crippen molar-refractivity contribution >= 4 is 33.2 Å². The van der Waals surface area contributed by atoms with Crippen LogP contribution in [-0.4, -0.2) is 24.8 Å². The van der Waals surface area contributed by atoms with E-state index in [1.807, 2.05) is 0 Å². The Bertz CT molecular complexity index is 706. The maximum atomic E-state index is 12.5. The number of hydrogen-bond acceptors (Lipinski definition) is 3. The van der Waals surface area contributed by atoms with E-state index in [1.54, 1.807) is 30.6 Å². The molecule has 106 valence electrons. The van der Waals surface area contributed by atoms with Gasteiger partial charge in [0.2, 0.25) is 10.0 Å². The van der Waals surface area contributed by atoms with Crippen LogP contribution in [-0.2, 0) is 16.6 Å². The lowest BCUT2D eigenvalue weighted by atomic mass is 10.3. The highest BCUT2D eigenvalue weighted by Gasteiger charge is 2.24. The summed E-state index contributed by atoms with van der Waals surface area (Å²) >= 11 is 11.8. The van der Waals surface area contributed by atoms with Gasteiger partial charge in [0.15, 0.2) is 0 Å². The summed E-state index contributed by atoms with van der Waals surface area (Å²) in [4.78, 5) is 3.90. The fraction of sp³-hybridized carbons (Fsp3) is 0.154. The van der Waals surface area contributed by atoms with Crippen LogP contribution in [0.4, 0.5) is 0 Å². The summed E-state index contributed by atoms with van der Waals surface area (Å²) in [7, 11) is -2.20. The van der Waals surface area contributed by atoms with Crippen molar-refractivity contribution in [3.8, 4) is 0 Å². The molecule has 0 aliphatic heterocycles. The van der Waals surface area contributed by atoms with E-state index in [0.717, 1.165) is 5.56 Å². The van der Waals surface area contributed by atoms with Crippen LogP contribution in [0.25, 0.3) is 0 Å². The largest absolute Gasteiger partial charge is 0.265 e. The summed E-state index contributed by atoms with van der Waals surface area (Å²) in [6, 6.07) is 7.88. The van der Waals surface area contributed by atoms with Gasteiger partial charge in [-0.15, -0.1) is 0 Å². The summed E-state index contributed by atoms with van der Waals surface area (Å²) in [6.07, 6.45) is 3.23. The second kappa shape index (κ2) is 6.10. The molecular formula is C13H12Cl2N2O2S. The maximum Gasteiger partial charge on any atom is 0.244 e. The molecule has 0 amide bonds. The molecule has 0 saturated carbocycles. The number of nitrogens with zero attached hydrogens (tertiary/aromatic N) is 2. The number of benzene rings is 1. The van der Waals surface area contributed by atoms with E-state index in [4.69, 9.17) is 23.2 Å². The third-order valence-electron chi connectivity index (χ3n) is 2.74. The highest BCUT2D eigenvalue weighted by Crippen LogP contribution is 2.27. The SMILES string of the molecule is CN(Cc1ccncc1)S(=O)(=O)c1cc(Cl)ccc1Cl. The van der Waals surface area contributed by atoms with Crippen LogP contribution < -0.4 is 0 Å². The first kappa shape index (κ1) is 15.3. The van der Waals surface area contributed by atoms with Crippen molar-refractivity contribution in [2.45, 2.75) is 11.4 Å². The first-order valence-electron chi connectivity index (χ1n) is 5.71. The minimum absolute atomic E-state index is 0.00298. The Labute approximate surface area is 128 Å². The molecule has 0 aliphatic carbocycles. The number of rotatable bonds is 4. The average Bonchev–Trinajstić information content (AvgIpc) is 2.42. The number of halogens is 2. The highest BCUT2D eigenvalue weighted by molar-refractivity contribution is 7.89. The fourth-order valence-electron chi connectivity index (χ4n) is 1.67. The Morgan fingerprint density at radius 3 is 2.45 bits per heavy atom. The van der Waals surface area contributed by atoms with Crippen molar-refractivity contribution in [3.05, 3.63) is 58.3 Å². The molecule has 0 fully saturated rings. The molecule has 0 N–H and O–H groups in total. The van der Waals surface area contributed by atoms with Crippen LogP contribution in [0, 0.1) is 0 Å². The van der Waals surface area contributed by atoms with E-state index in [1.165, 1.54) is 23.5 Å². The predicted molar refractivity (Wildman–Crippen MR) is 79.4 cm³/mol. The summed E-state index contributed by atoms with van der Waals surface area (Å²) in [5.74, 6) is 0. The molecule has 1 heterocycles. The fourth-order valence-corrected chi connectivity index (χ4v) is 3.57. The smallest absolute Gasteiger partial charge is 0.244 e. The van der Waals surface area contributed by atoms with Gasteiger partial charge in [0.1, 0.15) is 4.90 Å². The lowest BCUT2D eigenvalue weighted by molar-refractivity contribution is 0.466. The Balaban J connectivity index is 2.32. The number of sulfonamides is 1. The number of pyridine rings is 1. The lowest BCUT2D eigenvalue weighted by Crippen LogP contribution is -2.26. The summed E-state index contributed by atoms with van der Waals surface area (Å²) in [5, 5.41) is 0.473. The van der Waals surface area contributed by atoms with Crippen molar-refractivity contribution in [3.63, 3.8) is 0 Å². The predicted octanol–water partition coefficient (Wildman–Crippen LogP) is 3.21. The summed E-state index contributed by atoms with van der Waals surface area (Å²) in [5.41, 5.74) is 0.837. The molecule has 4 nitrogen and oxygen atoms in total. The molecule has 0 spiro atoms. The molecule has 0 atom stereocenters. The van der Waals surface area contributed by atoms with E-state index in [9.17, 15) is 8.42 Å². The molecular weight excluding hydrogens is 319 g/mol. The van der Waals surface area contributed by atoms with Crippen LogP contribution in [0.5, 0.6) is 0 Å². The van der Waals surface area contributed by atoms with E-state index < -0.39 is 10.0 Å². The van der Waals surface area contributed by atoms with E-state index in [-0.39, 0.29) is 16.5 Å². The van der Waals surface area contributed by atoms with E-state index in [0.29, 0.717) is 5.02 Å². The van der Waals surface area contributed by atoms with Gasteiger partial charge < -0.3 is 0 Å². The van der Waals surface area contributed by atoms with Gasteiger partial charge >= 0.3 is 0 Å². The van der Waals surface area contributed by atoms with Gasteiger partial charge in [-0.25, -0.2) is 8.42 Å². The van der Waals surface area contributed by atoms with Crippen molar-refractivity contribution in [1.82, 2.24) is 9.29 Å². The third-order valence-corrected chi connectivity index (χ3v) is 5.26. The van der Waals surface area contributed by atoms with Gasteiger partial charge in [-0.05, 0) is 35.9 Å². The van der Waals surface area contributed by atoms with Gasteiger partial charge in [-0.2, -0.15) is 4.31 Å². The molecule has 1 aromatic carbocycles. The summed E-state index contributed by atoms with van der Waals surface area (Å²) < 4.78 is 26.2. The quantitative estimate of drug-likeness (QED) is 0.864. The minimum Gasteiger partial charge on any atom is -0.265 e. The van der Waals surface area contributed by atoms with Gasteiger partial charge in [0, 0.05) is 31.0 Å². The molecule has 0 saturated heterocycles. The molecule has 0 radical (unpaired) electrons. The van der Waals surface area contributed by atoms with Crippen LogP contribution in [0.15, 0.2) is 47.6 Å². The van der Waals surface area contributed by atoms with Gasteiger partial charge in [-0.1, -0.05) is 23.2 Å². The number of hydrogen-bond donors (Lipinski definition) is 0. The molecule has 1 aromatic heterocycles. The normalized spacial score (nSPS) is 11.8. The molecule has 20 heavy (non-hydrogen) atoms. The Kier molecular flexibility index (Phi) is 4.65. The van der Waals surface area contributed by atoms with Crippen molar-refractivity contribution in [2.75, 3.05) is 7.05 Å². The molecule has 7 heteroatoms. The molecule has 0 bridgehead atoms. The van der Waals surface area contributed by atoms with Gasteiger partial charge in [0.25, 0.3) is 0 Å². The standard InChI is InChI=1S/C13H12Cl2N2O2S/c1-17(9-10-4-6-16-7-5-10)20(18,19)13-8-11(14)2-3-12(13)15/h2-8H,9H2,1H3. The highest BCUT2D eigenvalue weighted by atomic mass is 35.5. The zero-order valence-electron chi connectivity index (χ0n) is 10.6. The lowest BCUT2D eigenvalue weighted by Gasteiger charge is -2.18. The Morgan fingerprint density at radius 1 is 1.15 bits per heavy atom.